The molecule has 4 heteroatoms. The number of hydrogen-bond acceptors (Lipinski definition) is 2. The van der Waals surface area contributed by atoms with Crippen LogP contribution < -0.4 is 4.90 Å². The number of phenols is 1. The lowest BCUT2D eigenvalue weighted by Crippen LogP contribution is -2.24. The van der Waals surface area contributed by atoms with Gasteiger partial charge in [-0.15, -0.1) is 0 Å². The lowest BCUT2D eigenvalue weighted by molar-refractivity contribution is -0.117. The maximum absolute atomic E-state index is 11.6. The third kappa shape index (κ3) is 2.00. The average Bonchev–Trinajstić information content (AvgIpc) is 2.50. The zero-order chi connectivity index (χ0) is 11.0. The van der Waals surface area contributed by atoms with E-state index < -0.39 is 0 Å². The van der Waals surface area contributed by atoms with Crippen LogP contribution in [0.3, 0.4) is 0 Å². The molecule has 0 radical (unpaired) electrons. The van der Waals surface area contributed by atoms with Crippen molar-refractivity contribution < 1.29 is 9.90 Å². The number of alkyl halides is 1. The Morgan fingerprint density at radius 2 is 2.27 bits per heavy atom. The summed E-state index contributed by atoms with van der Waals surface area (Å²) < 4.78 is 0. The van der Waals surface area contributed by atoms with Gasteiger partial charge in [0.2, 0.25) is 5.91 Å². The molecule has 1 atom stereocenters. The maximum atomic E-state index is 11.6. The second-order valence-corrected chi connectivity index (χ2v) is 5.09. The first-order valence-corrected chi connectivity index (χ1v) is 5.73. The van der Waals surface area contributed by atoms with Gasteiger partial charge in [-0.25, -0.2) is 0 Å². The van der Waals surface area contributed by atoms with E-state index >= 15 is 0 Å². The van der Waals surface area contributed by atoms with Crippen molar-refractivity contribution in [3.63, 3.8) is 0 Å². The monoisotopic (exact) mass is 269 g/mol. The van der Waals surface area contributed by atoms with Crippen molar-refractivity contribution in [2.75, 3.05) is 11.4 Å². The molecule has 80 valence electrons. The Morgan fingerprint density at radius 3 is 2.87 bits per heavy atom. The number of carbonyl (C=O) groups is 1. The van der Waals surface area contributed by atoms with Crippen LogP contribution in [0.15, 0.2) is 18.2 Å². The van der Waals surface area contributed by atoms with E-state index in [0.29, 0.717) is 18.7 Å². The summed E-state index contributed by atoms with van der Waals surface area (Å²) >= 11 is 3.42. The van der Waals surface area contributed by atoms with Crippen LogP contribution in [-0.4, -0.2) is 22.4 Å². The molecule has 1 amide bonds. The maximum Gasteiger partial charge on any atom is 0.228 e. The first-order chi connectivity index (χ1) is 7.08. The standard InChI is InChI=1S/C11H12BrNO2/c1-7-2-3-10(14)9(4-7)13-6-8(12)5-11(13)15/h2-4,8,14H,5-6H2,1H3. The normalized spacial score (nSPS) is 21.1. The van der Waals surface area contributed by atoms with Gasteiger partial charge in [0.1, 0.15) is 5.75 Å². The van der Waals surface area contributed by atoms with E-state index in [2.05, 4.69) is 15.9 Å². The number of hydrogen-bond donors (Lipinski definition) is 1. The predicted molar refractivity (Wildman–Crippen MR) is 62.5 cm³/mol. The number of amides is 1. The van der Waals surface area contributed by atoms with Gasteiger partial charge >= 0.3 is 0 Å². The number of anilines is 1. The summed E-state index contributed by atoms with van der Waals surface area (Å²) in [5.41, 5.74) is 1.65. The third-order valence-corrected chi connectivity index (χ3v) is 3.11. The van der Waals surface area contributed by atoms with Crippen molar-refractivity contribution in [2.45, 2.75) is 18.2 Å². The van der Waals surface area contributed by atoms with Gasteiger partial charge in [0, 0.05) is 17.8 Å². The molecule has 1 aromatic rings. The molecule has 2 rings (SSSR count). The molecular weight excluding hydrogens is 258 g/mol. The quantitative estimate of drug-likeness (QED) is 0.795. The zero-order valence-corrected chi connectivity index (χ0v) is 9.99. The third-order valence-electron chi connectivity index (χ3n) is 2.50. The number of aromatic hydroxyl groups is 1. The van der Waals surface area contributed by atoms with Crippen molar-refractivity contribution in [1.82, 2.24) is 0 Å². The van der Waals surface area contributed by atoms with Crippen LogP contribution in [0.4, 0.5) is 5.69 Å². The van der Waals surface area contributed by atoms with E-state index in [1.165, 1.54) is 0 Å². The van der Waals surface area contributed by atoms with Gasteiger partial charge < -0.3 is 10.0 Å². The van der Waals surface area contributed by atoms with Crippen molar-refractivity contribution >= 4 is 27.5 Å². The van der Waals surface area contributed by atoms with Crippen LogP contribution >= 0.6 is 15.9 Å². The molecule has 0 saturated carbocycles. The van der Waals surface area contributed by atoms with Crippen LogP contribution in [0.1, 0.15) is 12.0 Å². The lowest BCUT2D eigenvalue weighted by Gasteiger charge is -2.17. The van der Waals surface area contributed by atoms with Crippen molar-refractivity contribution in [2.24, 2.45) is 0 Å². The SMILES string of the molecule is Cc1ccc(O)c(N2CC(Br)CC2=O)c1. The molecule has 1 aliphatic heterocycles. The van der Waals surface area contributed by atoms with Crippen molar-refractivity contribution in [1.29, 1.82) is 0 Å². The molecule has 0 spiro atoms. The summed E-state index contributed by atoms with van der Waals surface area (Å²) in [5, 5.41) is 9.69. The summed E-state index contributed by atoms with van der Waals surface area (Å²) in [6.45, 7) is 2.56. The number of benzene rings is 1. The molecule has 1 unspecified atom stereocenters. The topological polar surface area (TPSA) is 40.5 Å². The molecule has 3 nitrogen and oxygen atoms in total. The number of phenolic OH excluding ortho intramolecular Hbond substituents is 1. The highest BCUT2D eigenvalue weighted by atomic mass is 79.9. The summed E-state index contributed by atoms with van der Waals surface area (Å²) in [6, 6.07) is 5.28. The van der Waals surface area contributed by atoms with Crippen LogP contribution in [0.25, 0.3) is 0 Å². The largest absolute Gasteiger partial charge is 0.506 e. The molecular formula is C11H12BrNO2. The Morgan fingerprint density at radius 1 is 1.53 bits per heavy atom. The van der Waals surface area contributed by atoms with Gasteiger partial charge in [-0.3, -0.25) is 4.79 Å². The number of nitrogens with zero attached hydrogens (tertiary/aromatic N) is 1. The number of rotatable bonds is 1. The van der Waals surface area contributed by atoms with Crippen LogP contribution in [0.5, 0.6) is 5.75 Å². The molecule has 0 aliphatic carbocycles. The Hall–Kier alpha value is -1.03. The number of carbonyl (C=O) groups excluding carboxylic acids is 1. The van der Waals surface area contributed by atoms with Gasteiger partial charge in [-0.2, -0.15) is 0 Å². The van der Waals surface area contributed by atoms with Crippen LogP contribution in [0, 0.1) is 6.92 Å². The molecule has 1 aliphatic rings. The smallest absolute Gasteiger partial charge is 0.228 e. The summed E-state index contributed by atoms with van der Waals surface area (Å²) in [7, 11) is 0. The Bertz CT molecular complexity index is 406. The minimum Gasteiger partial charge on any atom is -0.506 e. The van der Waals surface area contributed by atoms with Gasteiger partial charge in [0.05, 0.1) is 5.69 Å². The summed E-state index contributed by atoms with van der Waals surface area (Å²) in [6.07, 6.45) is 0.493. The highest BCUT2D eigenvalue weighted by Crippen LogP contribution is 2.32. The summed E-state index contributed by atoms with van der Waals surface area (Å²) in [5.74, 6) is 0.216. The van der Waals surface area contributed by atoms with E-state index in [-0.39, 0.29) is 16.5 Å². The van der Waals surface area contributed by atoms with Gasteiger partial charge in [0.25, 0.3) is 0 Å². The second-order valence-electron chi connectivity index (χ2n) is 3.80. The Kier molecular flexibility index (Phi) is 2.69. The molecule has 15 heavy (non-hydrogen) atoms. The molecule has 0 bridgehead atoms. The fourth-order valence-corrected chi connectivity index (χ4v) is 2.31. The highest BCUT2D eigenvalue weighted by Gasteiger charge is 2.30. The zero-order valence-electron chi connectivity index (χ0n) is 8.40. The number of halogens is 1. The van der Waals surface area contributed by atoms with Crippen molar-refractivity contribution in [3.05, 3.63) is 23.8 Å². The molecule has 1 N–H and O–H groups in total. The van der Waals surface area contributed by atoms with E-state index in [1.54, 1.807) is 11.0 Å². The van der Waals surface area contributed by atoms with Gasteiger partial charge in [-0.05, 0) is 24.6 Å². The van der Waals surface area contributed by atoms with Gasteiger partial charge in [-0.1, -0.05) is 22.0 Å². The molecule has 1 saturated heterocycles. The summed E-state index contributed by atoms with van der Waals surface area (Å²) in [4.78, 5) is 13.4. The Labute approximate surface area is 96.8 Å². The minimum atomic E-state index is 0.0535. The first-order valence-electron chi connectivity index (χ1n) is 4.82. The Balaban J connectivity index is 2.37. The number of aryl methyl sites for hydroxylation is 1. The highest BCUT2D eigenvalue weighted by molar-refractivity contribution is 9.09. The van der Waals surface area contributed by atoms with Crippen LogP contribution in [-0.2, 0) is 4.79 Å². The predicted octanol–water partition coefficient (Wildman–Crippen LogP) is 2.20. The molecule has 1 heterocycles. The molecule has 0 aromatic heterocycles. The minimum absolute atomic E-state index is 0.0535. The average molecular weight is 270 g/mol. The fraction of sp³-hybridized carbons (Fsp3) is 0.364. The van der Waals surface area contributed by atoms with E-state index in [0.717, 1.165) is 5.56 Å². The molecule has 1 fully saturated rings. The molecule has 1 aromatic carbocycles. The fourth-order valence-electron chi connectivity index (χ4n) is 1.75. The van der Waals surface area contributed by atoms with Crippen molar-refractivity contribution in [3.8, 4) is 5.75 Å². The first kappa shape index (κ1) is 10.5. The van der Waals surface area contributed by atoms with E-state index in [1.807, 2.05) is 19.1 Å². The van der Waals surface area contributed by atoms with Crippen LogP contribution in [0.2, 0.25) is 0 Å². The van der Waals surface area contributed by atoms with E-state index in [4.69, 9.17) is 0 Å². The van der Waals surface area contributed by atoms with E-state index in [9.17, 15) is 9.90 Å². The van der Waals surface area contributed by atoms with Gasteiger partial charge in [0.15, 0.2) is 0 Å². The second kappa shape index (κ2) is 3.85. The lowest BCUT2D eigenvalue weighted by atomic mass is 10.2.